The van der Waals surface area contributed by atoms with E-state index in [0.29, 0.717) is 12.8 Å². The fourth-order valence-electron chi connectivity index (χ4n) is 1.68. The normalized spacial score (nSPS) is 21.6. The van der Waals surface area contributed by atoms with Crippen molar-refractivity contribution in [1.82, 2.24) is 9.55 Å². The van der Waals surface area contributed by atoms with Gasteiger partial charge in [-0.2, -0.15) is 0 Å². The first kappa shape index (κ1) is 15.1. The van der Waals surface area contributed by atoms with Gasteiger partial charge in [-0.3, -0.25) is 19.1 Å². The SMILES string of the molecule is CC(=O)O.O=c1ccn(C2CCC(CO)O2)c(=O)[nH]1. The molecule has 1 aromatic heterocycles. The van der Waals surface area contributed by atoms with E-state index in [0.717, 1.165) is 6.92 Å². The molecule has 1 saturated heterocycles. The first-order chi connectivity index (χ1) is 8.93. The number of rotatable bonds is 2. The number of nitrogens with one attached hydrogen (secondary N) is 1. The molecular weight excluding hydrogens is 256 g/mol. The number of aromatic amines is 1. The predicted octanol–water partition coefficient (Wildman–Crippen LogP) is -0.703. The molecular formula is C11H16N2O6. The highest BCUT2D eigenvalue weighted by Crippen LogP contribution is 2.26. The van der Waals surface area contributed by atoms with Gasteiger partial charge >= 0.3 is 5.69 Å². The molecule has 0 amide bonds. The molecule has 0 bridgehead atoms. The van der Waals surface area contributed by atoms with Crippen molar-refractivity contribution in [3.8, 4) is 0 Å². The summed E-state index contributed by atoms with van der Waals surface area (Å²) in [4.78, 5) is 33.4. The average Bonchev–Trinajstić information content (AvgIpc) is 2.76. The molecule has 19 heavy (non-hydrogen) atoms. The molecule has 106 valence electrons. The fourth-order valence-corrected chi connectivity index (χ4v) is 1.68. The van der Waals surface area contributed by atoms with Crippen LogP contribution in [0.4, 0.5) is 0 Å². The van der Waals surface area contributed by atoms with Crippen LogP contribution < -0.4 is 11.2 Å². The molecule has 1 aliphatic rings. The number of nitrogens with zero attached hydrogens (tertiary/aromatic N) is 1. The lowest BCUT2D eigenvalue weighted by atomic mass is 10.2. The summed E-state index contributed by atoms with van der Waals surface area (Å²) in [6.45, 7) is 1.04. The van der Waals surface area contributed by atoms with Crippen molar-refractivity contribution in [1.29, 1.82) is 0 Å². The number of carboxylic acids is 1. The van der Waals surface area contributed by atoms with E-state index in [1.807, 2.05) is 0 Å². The zero-order valence-electron chi connectivity index (χ0n) is 10.4. The molecule has 8 nitrogen and oxygen atoms in total. The Morgan fingerprint density at radius 3 is 2.63 bits per heavy atom. The summed E-state index contributed by atoms with van der Waals surface area (Å²) >= 11 is 0. The van der Waals surface area contributed by atoms with E-state index in [4.69, 9.17) is 19.7 Å². The Balaban J connectivity index is 0.000000399. The van der Waals surface area contributed by atoms with Gasteiger partial charge in [0, 0.05) is 19.2 Å². The molecule has 2 rings (SSSR count). The summed E-state index contributed by atoms with van der Waals surface area (Å²) in [7, 11) is 0. The minimum absolute atomic E-state index is 0.0470. The third-order valence-electron chi connectivity index (χ3n) is 2.45. The molecule has 1 fully saturated rings. The third-order valence-corrected chi connectivity index (χ3v) is 2.45. The molecule has 1 aromatic rings. The van der Waals surface area contributed by atoms with Crippen molar-refractivity contribution in [2.75, 3.05) is 6.61 Å². The largest absolute Gasteiger partial charge is 0.481 e. The van der Waals surface area contributed by atoms with Crippen LogP contribution in [-0.4, -0.2) is 38.4 Å². The van der Waals surface area contributed by atoms with Crippen LogP contribution in [0.15, 0.2) is 21.9 Å². The van der Waals surface area contributed by atoms with Gasteiger partial charge in [-0.25, -0.2) is 4.79 Å². The Kier molecular flexibility index (Phi) is 5.46. The van der Waals surface area contributed by atoms with E-state index < -0.39 is 17.2 Å². The Bertz CT molecular complexity index is 530. The van der Waals surface area contributed by atoms with Gasteiger partial charge in [0.2, 0.25) is 0 Å². The second-order valence-electron chi connectivity index (χ2n) is 4.01. The first-order valence-corrected chi connectivity index (χ1v) is 5.71. The Morgan fingerprint density at radius 1 is 1.53 bits per heavy atom. The summed E-state index contributed by atoms with van der Waals surface area (Å²) in [5.74, 6) is -0.833. The standard InChI is InChI=1S/C9H12N2O4.C2H4O2/c12-5-6-1-2-8(15-6)11-4-3-7(13)10-9(11)14;1-2(3)4/h3-4,6,8,12H,1-2,5H2,(H,10,13,14);1H3,(H,3,4). The van der Waals surface area contributed by atoms with Crippen molar-refractivity contribution in [3.63, 3.8) is 0 Å². The molecule has 0 spiro atoms. The lowest BCUT2D eigenvalue weighted by Crippen LogP contribution is -2.31. The van der Waals surface area contributed by atoms with E-state index in [-0.39, 0.29) is 18.9 Å². The highest BCUT2D eigenvalue weighted by Gasteiger charge is 2.26. The third kappa shape index (κ3) is 4.68. The molecule has 8 heteroatoms. The van der Waals surface area contributed by atoms with Crippen LogP contribution in [0.3, 0.4) is 0 Å². The highest BCUT2D eigenvalue weighted by molar-refractivity contribution is 5.62. The van der Waals surface area contributed by atoms with Crippen molar-refractivity contribution in [2.45, 2.75) is 32.1 Å². The Labute approximate surface area is 108 Å². The van der Waals surface area contributed by atoms with Crippen LogP contribution >= 0.6 is 0 Å². The molecule has 2 unspecified atom stereocenters. The monoisotopic (exact) mass is 272 g/mol. The Hall–Kier alpha value is -1.93. The molecule has 2 atom stereocenters. The minimum atomic E-state index is -0.833. The maximum atomic E-state index is 11.4. The van der Waals surface area contributed by atoms with Gasteiger partial charge in [-0.1, -0.05) is 0 Å². The number of aromatic nitrogens is 2. The number of aliphatic hydroxyl groups is 1. The zero-order chi connectivity index (χ0) is 14.4. The quantitative estimate of drug-likeness (QED) is 0.654. The predicted molar refractivity (Wildman–Crippen MR) is 64.9 cm³/mol. The molecule has 0 aromatic carbocycles. The molecule has 0 saturated carbocycles. The van der Waals surface area contributed by atoms with Crippen LogP contribution in [-0.2, 0) is 9.53 Å². The maximum absolute atomic E-state index is 11.4. The summed E-state index contributed by atoms with van der Waals surface area (Å²) in [6, 6.07) is 1.27. The van der Waals surface area contributed by atoms with E-state index in [1.165, 1.54) is 16.8 Å². The molecule has 0 radical (unpaired) electrons. The van der Waals surface area contributed by atoms with Gasteiger partial charge in [-0.05, 0) is 12.8 Å². The van der Waals surface area contributed by atoms with Gasteiger partial charge < -0.3 is 14.9 Å². The molecule has 3 N–H and O–H groups in total. The molecule has 0 aliphatic carbocycles. The van der Waals surface area contributed by atoms with Crippen LogP contribution in [0, 0.1) is 0 Å². The molecule has 2 heterocycles. The van der Waals surface area contributed by atoms with Crippen molar-refractivity contribution in [2.24, 2.45) is 0 Å². The van der Waals surface area contributed by atoms with E-state index in [9.17, 15) is 9.59 Å². The Morgan fingerprint density at radius 2 is 2.16 bits per heavy atom. The maximum Gasteiger partial charge on any atom is 0.330 e. The lowest BCUT2D eigenvalue weighted by Gasteiger charge is -2.13. The lowest BCUT2D eigenvalue weighted by molar-refractivity contribution is -0.134. The second-order valence-corrected chi connectivity index (χ2v) is 4.01. The summed E-state index contributed by atoms with van der Waals surface area (Å²) in [5.41, 5.74) is -0.904. The smallest absolute Gasteiger partial charge is 0.330 e. The van der Waals surface area contributed by atoms with E-state index in [1.54, 1.807) is 0 Å². The number of carbonyl (C=O) groups is 1. The van der Waals surface area contributed by atoms with Crippen LogP contribution in [0.25, 0.3) is 0 Å². The number of hydrogen-bond donors (Lipinski definition) is 3. The topological polar surface area (TPSA) is 122 Å². The number of aliphatic hydroxyl groups excluding tert-OH is 1. The van der Waals surface area contributed by atoms with E-state index in [2.05, 4.69) is 4.98 Å². The summed E-state index contributed by atoms with van der Waals surface area (Å²) in [5, 5.41) is 16.3. The van der Waals surface area contributed by atoms with Gasteiger partial charge in [0.25, 0.3) is 11.5 Å². The van der Waals surface area contributed by atoms with Crippen molar-refractivity contribution >= 4 is 5.97 Å². The van der Waals surface area contributed by atoms with Gasteiger partial charge in [0.05, 0.1) is 12.7 Å². The van der Waals surface area contributed by atoms with E-state index >= 15 is 0 Å². The van der Waals surface area contributed by atoms with Gasteiger partial charge in [0.15, 0.2) is 0 Å². The second kappa shape index (κ2) is 6.86. The fraction of sp³-hybridized carbons (Fsp3) is 0.545. The highest BCUT2D eigenvalue weighted by atomic mass is 16.5. The van der Waals surface area contributed by atoms with Crippen LogP contribution in [0.1, 0.15) is 26.0 Å². The number of aliphatic carboxylic acids is 1. The number of ether oxygens (including phenoxy) is 1. The first-order valence-electron chi connectivity index (χ1n) is 5.71. The minimum Gasteiger partial charge on any atom is -0.481 e. The van der Waals surface area contributed by atoms with Crippen molar-refractivity contribution in [3.05, 3.63) is 33.1 Å². The summed E-state index contributed by atoms with van der Waals surface area (Å²) < 4.78 is 6.74. The number of hydrogen-bond acceptors (Lipinski definition) is 5. The van der Waals surface area contributed by atoms with Crippen molar-refractivity contribution < 1.29 is 19.7 Å². The average molecular weight is 272 g/mol. The van der Waals surface area contributed by atoms with Crippen LogP contribution in [0.5, 0.6) is 0 Å². The number of H-pyrrole nitrogens is 1. The van der Waals surface area contributed by atoms with Gasteiger partial charge in [0.1, 0.15) is 6.23 Å². The summed E-state index contributed by atoms with van der Waals surface area (Å²) in [6.07, 6.45) is 2.19. The van der Waals surface area contributed by atoms with Crippen LogP contribution in [0.2, 0.25) is 0 Å². The zero-order valence-corrected chi connectivity index (χ0v) is 10.4. The van der Waals surface area contributed by atoms with Gasteiger partial charge in [-0.15, -0.1) is 0 Å². The number of carboxylic acid groups (broad SMARTS) is 1. The molecule has 1 aliphatic heterocycles.